The summed E-state index contributed by atoms with van der Waals surface area (Å²) in [6, 6.07) is 8.71. The number of rotatable bonds is 6. The van der Waals surface area contributed by atoms with Gasteiger partial charge < -0.3 is 10.1 Å². The molecule has 0 saturated heterocycles. The second kappa shape index (κ2) is 6.89. The first-order chi connectivity index (χ1) is 9.15. The summed E-state index contributed by atoms with van der Waals surface area (Å²) in [4.78, 5) is 1.17. The van der Waals surface area contributed by atoms with Gasteiger partial charge in [0.1, 0.15) is 6.61 Å². The SMILES string of the molecule is Cc1ccc(F)c(OCCNCc2ccc(Cl)s2)c1. The monoisotopic (exact) mass is 299 g/mol. The maximum atomic E-state index is 13.4. The number of ether oxygens (including phenoxy) is 1. The summed E-state index contributed by atoms with van der Waals surface area (Å²) >= 11 is 7.39. The minimum absolute atomic E-state index is 0.306. The van der Waals surface area contributed by atoms with E-state index in [0.717, 1.165) is 16.4 Å². The molecule has 0 aliphatic rings. The molecule has 0 bridgehead atoms. The highest BCUT2D eigenvalue weighted by molar-refractivity contribution is 7.16. The molecule has 0 aliphatic heterocycles. The Bertz CT molecular complexity index is 544. The molecule has 5 heteroatoms. The highest BCUT2D eigenvalue weighted by atomic mass is 35.5. The van der Waals surface area contributed by atoms with Crippen LogP contribution in [0.5, 0.6) is 5.75 Å². The van der Waals surface area contributed by atoms with E-state index in [1.807, 2.05) is 19.1 Å². The molecule has 2 aromatic rings. The Hall–Kier alpha value is -1.10. The van der Waals surface area contributed by atoms with Gasteiger partial charge in [0.15, 0.2) is 11.6 Å². The van der Waals surface area contributed by atoms with E-state index in [0.29, 0.717) is 18.9 Å². The third-order valence-corrected chi connectivity index (χ3v) is 3.78. The van der Waals surface area contributed by atoms with Crippen molar-refractivity contribution in [2.75, 3.05) is 13.2 Å². The van der Waals surface area contributed by atoms with E-state index in [2.05, 4.69) is 5.32 Å². The molecule has 2 nitrogen and oxygen atoms in total. The summed E-state index contributed by atoms with van der Waals surface area (Å²) in [6.45, 7) is 3.74. The average molecular weight is 300 g/mol. The molecule has 1 aromatic heterocycles. The molecule has 1 aromatic carbocycles. The van der Waals surface area contributed by atoms with E-state index in [-0.39, 0.29) is 5.82 Å². The van der Waals surface area contributed by atoms with Crippen LogP contribution in [0.2, 0.25) is 4.34 Å². The Morgan fingerprint density at radius 2 is 2.16 bits per heavy atom. The van der Waals surface area contributed by atoms with Crippen LogP contribution in [0.4, 0.5) is 4.39 Å². The topological polar surface area (TPSA) is 21.3 Å². The van der Waals surface area contributed by atoms with Gasteiger partial charge in [-0.15, -0.1) is 11.3 Å². The quantitative estimate of drug-likeness (QED) is 0.814. The van der Waals surface area contributed by atoms with Crippen LogP contribution in [0.3, 0.4) is 0 Å². The van der Waals surface area contributed by atoms with E-state index < -0.39 is 0 Å². The first-order valence-corrected chi connectivity index (χ1v) is 7.18. The normalized spacial score (nSPS) is 10.7. The first kappa shape index (κ1) is 14.3. The van der Waals surface area contributed by atoms with Gasteiger partial charge in [-0.3, -0.25) is 0 Å². The van der Waals surface area contributed by atoms with Crippen LogP contribution in [-0.2, 0) is 6.54 Å². The van der Waals surface area contributed by atoms with Crippen LogP contribution < -0.4 is 10.1 Å². The van der Waals surface area contributed by atoms with Crippen LogP contribution in [0.15, 0.2) is 30.3 Å². The van der Waals surface area contributed by atoms with Crippen LogP contribution >= 0.6 is 22.9 Å². The fourth-order valence-corrected chi connectivity index (χ4v) is 2.67. The number of hydrogen-bond donors (Lipinski definition) is 1. The smallest absolute Gasteiger partial charge is 0.165 e. The van der Waals surface area contributed by atoms with Crippen molar-refractivity contribution >= 4 is 22.9 Å². The van der Waals surface area contributed by atoms with Crippen molar-refractivity contribution in [3.05, 3.63) is 50.9 Å². The van der Waals surface area contributed by atoms with Gasteiger partial charge in [-0.1, -0.05) is 17.7 Å². The zero-order valence-corrected chi connectivity index (χ0v) is 12.2. The molecule has 102 valence electrons. The van der Waals surface area contributed by atoms with E-state index in [9.17, 15) is 4.39 Å². The molecule has 0 spiro atoms. The number of hydrogen-bond acceptors (Lipinski definition) is 3. The van der Waals surface area contributed by atoms with Crippen molar-refractivity contribution in [3.63, 3.8) is 0 Å². The van der Waals surface area contributed by atoms with Gasteiger partial charge in [0.25, 0.3) is 0 Å². The molecule has 0 atom stereocenters. The molecule has 0 aliphatic carbocycles. The van der Waals surface area contributed by atoms with Gasteiger partial charge in [0, 0.05) is 18.0 Å². The van der Waals surface area contributed by atoms with Crippen LogP contribution in [0, 0.1) is 12.7 Å². The zero-order chi connectivity index (χ0) is 13.7. The number of nitrogens with one attached hydrogen (secondary N) is 1. The summed E-state index contributed by atoms with van der Waals surface area (Å²) in [5.41, 5.74) is 0.984. The summed E-state index contributed by atoms with van der Waals surface area (Å²) in [7, 11) is 0. The van der Waals surface area contributed by atoms with Gasteiger partial charge in [-0.25, -0.2) is 4.39 Å². The third-order valence-electron chi connectivity index (χ3n) is 2.55. The Balaban J connectivity index is 1.70. The number of halogens is 2. The van der Waals surface area contributed by atoms with Gasteiger partial charge in [-0.2, -0.15) is 0 Å². The molecular weight excluding hydrogens is 285 g/mol. The molecular formula is C14H15ClFNOS. The zero-order valence-electron chi connectivity index (χ0n) is 10.6. The fourth-order valence-electron chi connectivity index (χ4n) is 1.61. The van der Waals surface area contributed by atoms with Crippen molar-refractivity contribution in [2.45, 2.75) is 13.5 Å². The van der Waals surface area contributed by atoms with Crippen LogP contribution in [0.1, 0.15) is 10.4 Å². The Morgan fingerprint density at radius 3 is 2.89 bits per heavy atom. The summed E-state index contributed by atoms with van der Waals surface area (Å²) in [5, 5.41) is 3.22. The van der Waals surface area contributed by atoms with Crippen molar-refractivity contribution in [2.24, 2.45) is 0 Å². The average Bonchev–Trinajstić information content (AvgIpc) is 2.79. The maximum Gasteiger partial charge on any atom is 0.165 e. The molecule has 19 heavy (non-hydrogen) atoms. The van der Waals surface area contributed by atoms with Crippen LogP contribution in [0.25, 0.3) is 0 Å². The van der Waals surface area contributed by atoms with Crippen molar-refractivity contribution < 1.29 is 9.13 Å². The lowest BCUT2D eigenvalue weighted by atomic mass is 10.2. The van der Waals surface area contributed by atoms with Crippen molar-refractivity contribution in [1.29, 1.82) is 0 Å². The highest BCUT2D eigenvalue weighted by Gasteiger charge is 2.03. The van der Waals surface area contributed by atoms with Crippen LogP contribution in [-0.4, -0.2) is 13.2 Å². The van der Waals surface area contributed by atoms with E-state index >= 15 is 0 Å². The lowest BCUT2D eigenvalue weighted by Gasteiger charge is -2.08. The second-order valence-corrected chi connectivity index (χ2v) is 5.96. The van der Waals surface area contributed by atoms with Crippen molar-refractivity contribution in [3.8, 4) is 5.75 Å². The summed E-state index contributed by atoms with van der Waals surface area (Å²) in [5.74, 6) is -0.0170. The molecule has 0 fully saturated rings. The summed E-state index contributed by atoms with van der Waals surface area (Å²) < 4.78 is 19.6. The molecule has 0 unspecified atom stereocenters. The van der Waals surface area contributed by atoms with Gasteiger partial charge in [0.05, 0.1) is 4.34 Å². The predicted octanol–water partition coefficient (Wildman–Crippen LogP) is 4.02. The third kappa shape index (κ3) is 4.49. The molecule has 0 amide bonds. The summed E-state index contributed by atoms with van der Waals surface area (Å²) in [6.07, 6.45) is 0. The standard InChI is InChI=1S/C14H15ClFNOS/c1-10-2-4-12(16)13(8-10)18-7-6-17-9-11-3-5-14(15)19-11/h2-5,8,17H,6-7,9H2,1H3. The fraction of sp³-hybridized carbons (Fsp3) is 0.286. The lowest BCUT2D eigenvalue weighted by molar-refractivity contribution is 0.298. The van der Waals surface area contributed by atoms with Gasteiger partial charge >= 0.3 is 0 Å². The Kier molecular flexibility index (Phi) is 5.19. The van der Waals surface area contributed by atoms with Gasteiger partial charge in [-0.05, 0) is 36.8 Å². The highest BCUT2D eigenvalue weighted by Crippen LogP contribution is 2.21. The number of aryl methyl sites for hydroxylation is 1. The molecule has 1 heterocycles. The van der Waals surface area contributed by atoms with Gasteiger partial charge in [0.2, 0.25) is 0 Å². The molecule has 0 saturated carbocycles. The largest absolute Gasteiger partial charge is 0.489 e. The van der Waals surface area contributed by atoms with E-state index in [1.165, 1.54) is 10.9 Å². The maximum absolute atomic E-state index is 13.4. The Labute approximate surface area is 121 Å². The number of thiophene rings is 1. The van der Waals surface area contributed by atoms with E-state index in [4.69, 9.17) is 16.3 Å². The minimum Gasteiger partial charge on any atom is -0.489 e. The Morgan fingerprint density at radius 1 is 1.32 bits per heavy atom. The second-order valence-electron chi connectivity index (χ2n) is 4.16. The molecule has 0 radical (unpaired) electrons. The molecule has 2 rings (SSSR count). The predicted molar refractivity (Wildman–Crippen MR) is 77.7 cm³/mol. The number of benzene rings is 1. The molecule has 1 N–H and O–H groups in total. The first-order valence-electron chi connectivity index (χ1n) is 5.99. The van der Waals surface area contributed by atoms with Crippen molar-refractivity contribution in [1.82, 2.24) is 5.32 Å². The van der Waals surface area contributed by atoms with E-state index in [1.54, 1.807) is 23.5 Å². The lowest BCUT2D eigenvalue weighted by Crippen LogP contribution is -2.20. The minimum atomic E-state index is -0.323.